The average Bonchev–Trinajstić information content (AvgIpc) is 2.46. The first-order valence-electron chi connectivity index (χ1n) is 7.26. The van der Waals surface area contributed by atoms with Crippen LogP contribution in [0.3, 0.4) is 0 Å². The van der Waals surface area contributed by atoms with E-state index in [4.69, 9.17) is 4.74 Å². The Bertz CT molecular complexity index is 538. The largest absolute Gasteiger partial charge is 0.488 e. The molecule has 0 heterocycles. The van der Waals surface area contributed by atoms with Crippen LogP contribution in [0.4, 0.5) is 5.69 Å². The summed E-state index contributed by atoms with van der Waals surface area (Å²) in [4.78, 5) is 10.5. The van der Waals surface area contributed by atoms with E-state index in [0.717, 1.165) is 23.9 Å². The third-order valence-corrected chi connectivity index (χ3v) is 5.24. The van der Waals surface area contributed by atoms with Gasteiger partial charge in [-0.05, 0) is 35.0 Å². The summed E-state index contributed by atoms with van der Waals surface area (Å²) in [6, 6.07) is 5.06. The van der Waals surface area contributed by atoms with E-state index in [9.17, 15) is 10.1 Å². The van der Waals surface area contributed by atoms with E-state index >= 15 is 0 Å². The van der Waals surface area contributed by atoms with E-state index in [1.54, 1.807) is 6.07 Å². The number of ether oxygens (including phenoxy) is 1. The Labute approximate surface area is 133 Å². The summed E-state index contributed by atoms with van der Waals surface area (Å²) in [6.07, 6.45) is 2.00. The molecule has 3 unspecified atom stereocenters. The number of rotatable bonds is 6. The number of benzene rings is 1. The maximum atomic E-state index is 10.9. The maximum Gasteiger partial charge on any atom is 0.273 e. The zero-order valence-corrected chi connectivity index (χ0v) is 14.1. The first-order valence-corrected chi connectivity index (χ1v) is 8.05. The fourth-order valence-corrected chi connectivity index (χ4v) is 3.23. The molecule has 1 aliphatic rings. The van der Waals surface area contributed by atoms with Crippen molar-refractivity contribution in [2.75, 3.05) is 6.54 Å². The van der Waals surface area contributed by atoms with Crippen molar-refractivity contribution < 1.29 is 9.66 Å². The molecule has 1 aliphatic carbocycles. The second kappa shape index (κ2) is 6.32. The lowest BCUT2D eigenvalue weighted by atomic mass is 9.61. The predicted molar refractivity (Wildman–Crippen MR) is 85.7 cm³/mol. The van der Waals surface area contributed by atoms with Crippen LogP contribution in [0, 0.1) is 15.5 Å². The van der Waals surface area contributed by atoms with Gasteiger partial charge >= 0.3 is 0 Å². The molecule has 0 saturated heterocycles. The van der Waals surface area contributed by atoms with Crippen LogP contribution >= 0.6 is 15.9 Å². The molecule has 1 aromatic rings. The smallest absolute Gasteiger partial charge is 0.273 e. The normalized spacial score (nSPS) is 28.0. The van der Waals surface area contributed by atoms with Crippen molar-refractivity contribution in [1.82, 2.24) is 5.32 Å². The molecular weight excluding hydrogens is 336 g/mol. The quantitative estimate of drug-likeness (QED) is 0.619. The van der Waals surface area contributed by atoms with Gasteiger partial charge in [0.1, 0.15) is 11.9 Å². The lowest BCUT2D eigenvalue weighted by molar-refractivity contribution is -0.385. The molecule has 1 N–H and O–H groups in total. The Kier molecular flexibility index (Phi) is 4.88. The Balaban J connectivity index is 2.15. The molecule has 3 atom stereocenters. The minimum Gasteiger partial charge on any atom is -0.488 e. The molecule has 0 spiro atoms. The fraction of sp³-hybridized carbons (Fsp3) is 0.600. The number of nitro benzene ring substituents is 1. The summed E-state index contributed by atoms with van der Waals surface area (Å²) in [5.41, 5.74) is 0.106. The summed E-state index contributed by atoms with van der Waals surface area (Å²) in [7, 11) is 0. The van der Waals surface area contributed by atoms with E-state index in [-0.39, 0.29) is 17.2 Å². The molecule has 0 amide bonds. The van der Waals surface area contributed by atoms with Gasteiger partial charge in [0.15, 0.2) is 0 Å². The number of nitrogens with zero attached hydrogens (tertiary/aromatic N) is 1. The second-order valence-electron chi connectivity index (χ2n) is 5.68. The number of non-ortho nitro benzene ring substituents is 1. The summed E-state index contributed by atoms with van der Waals surface area (Å²) in [5.74, 6) is 0.545. The second-order valence-corrected chi connectivity index (χ2v) is 6.54. The van der Waals surface area contributed by atoms with Gasteiger partial charge < -0.3 is 10.1 Å². The van der Waals surface area contributed by atoms with Gasteiger partial charge in [0, 0.05) is 23.9 Å². The number of nitrogens with one attached hydrogen (secondary N) is 1. The standard InChI is InChI=1S/C15H21BrN2O3/c1-4-15(3)13(17-5-2)9-14(15)21-12-8-10(18(19)20)6-7-11(12)16/h6-8,13-14,17H,4-5,9H2,1-3H3. The van der Waals surface area contributed by atoms with Gasteiger partial charge in [-0.3, -0.25) is 10.1 Å². The monoisotopic (exact) mass is 356 g/mol. The van der Waals surface area contributed by atoms with Crippen molar-refractivity contribution in [3.8, 4) is 5.75 Å². The van der Waals surface area contributed by atoms with Crippen LogP contribution in [-0.2, 0) is 0 Å². The third kappa shape index (κ3) is 3.06. The van der Waals surface area contributed by atoms with Gasteiger partial charge in [-0.2, -0.15) is 0 Å². The lowest BCUT2D eigenvalue weighted by Crippen LogP contribution is -2.63. The van der Waals surface area contributed by atoms with Crippen LogP contribution in [0.15, 0.2) is 22.7 Å². The molecular formula is C15H21BrN2O3. The molecule has 21 heavy (non-hydrogen) atoms. The van der Waals surface area contributed by atoms with Crippen LogP contribution in [-0.4, -0.2) is 23.6 Å². The van der Waals surface area contributed by atoms with E-state index in [1.165, 1.54) is 12.1 Å². The Morgan fingerprint density at radius 1 is 1.52 bits per heavy atom. The minimum atomic E-state index is -0.402. The Morgan fingerprint density at radius 3 is 2.81 bits per heavy atom. The van der Waals surface area contributed by atoms with Crippen molar-refractivity contribution in [1.29, 1.82) is 0 Å². The third-order valence-electron chi connectivity index (χ3n) is 4.59. The van der Waals surface area contributed by atoms with E-state index in [0.29, 0.717) is 11.8 Å². The van der Waals surface area contributed by atoms with Crippen LogP contribution in [0.5, 0.6) is 5.75 Å². The number of hydrogen-bond donors (Lipinski definition) is 1. The highest BCUT2D eigenvalue weighted by molar-refractivity contribution is 9.10. The molecule has 2 rings (SSSR count). The van der Waals surface area contributed by atoms with Gasteiger partial charge in [0.05, 0.1) is 15.5 Å². The molecule has 1 saturated carbocycles. The molecule has 1 fully saturated rings. The summed E-state index contributed by atoms with van der Waals surface area (Å²) >= 11 is 3.40. The molecule has 5 nitrogen and oxygen atoms in total. The molecule has 116 valence electrons. The maximum absolute atomic E-state index is 10.9. The van der Waals surface area contributed by atoms with Crippen LogP contribution in [0.1, 0.15) is 33.6 Å². The van der Waals surface area contributed by atoms with Crippen molar-refractivity contribution in [3.05, 3.63) is 32.8 Å². The van der Waals surface area contributed by atoms with Gasteiger partial charge in [0.2, 0.25) is 0 Å². The van der Waals surface area contributed by atoms with Crippen molar-refractivity contribution in [2.24, 2.45) is 5.41 Å². The van der Waals surface area contributed by atoms with Gasteiger partial charge in [-0.15, -0.1) is 0 Å². The Morgan fingerprint density at radius 2 is 2.24 bits per heavy atom. The van der Waals surface area contributed by atoms with Crippen molar-refractivity contribution >= 4 is 21.6 Å². The van der Waals surface area contributed by atoms with Gasteiger partial charge in [-0.25, -0.2) is 0 Å². The Hall–Kier alpha value is -1.14. The molecule has 0 radical (unpaired) electrons. The molecule has 0 aromatic heterocycles. The highest BCUT2D eigenvalue weighted by Crippen LogP contribution is 2.47. The molecule has 0 aliphatic heterocycles. The van der Waals surface area contributed by atoms with Crippen molar-refractivity contribution in [2.45, 2.75) is 45.8 Å². The van der Waals surface area contributed by atoms with E-state index in [1.807, 2.05) is 0 Å². The van der Waals surface area contributed by atoms with E-state index < -0.39 is 4.92 Å². The number of hydrogen-bond acceptors (Lipinski definition) is 4. The fourth-order valence-electron chi connectivity index (χ4n) is 2.89. The minimum absolute atomic E-state index is 0.0500. The van der Waals surface area contributed by atoms with Crippen LogP contribution in [0.25, 0.3) is 0 Å². The topological polar surface area (TPSA) is 64.4 Å². The first-order chi connectivity index (χ1) is 9.92. The predicted octanol–water partition coefficient (Wildman–Crippen LogP) is 3.90. The highest BCUT2D eigenvalue weighted by atomic mass is 79.9. The van der Waals surface area contributed by atoms with Crippen LogP contribution in [0.2, 0.25) is 0 Å². The van der Waals surface area contributed by atoms with Crippen LogP contribution < -0.4 is 10.1 Å². The zero-order chi connectivity index (χ0) is 15.6. The first kappa shape index (κ1) is 16.2. The van der Waals surface area contributed by atoms with E-state index in [2.05, 4.69) is 42.0 Å². The molecule has 0 bridgehead atoms. The SMILES string of the molecule is CCNC1CC(Oc2cc([N+](=O)[O-])ccc2Br)C1(C)CC. The average molecular weight is 357 g/mol. The van der Waals surface area contributed by atoms with Gasteiger partial charge in [-0.1, -0.05) is 20.8 Å². The summed E-state index contributed by atoms with van der Waals surface area (Å²) in [6.45, 7) is 7.40. The molecule has 6 heteroatoms. The highest BCUT2D eigenvalue weighted by Gasteiger charge is 2.51. The zero-order valence-electron chi connectivity index (χ0n) is 12.6. The number of nitro groups is 1. The summed E-state index contributed by atoms with van der Waals surface area (Å²) < 4.78 is 6.81. The number of halogens is 1. The summed E-state index contributed by atoms with van der Waals surface area (Å²) in [5, 5.41) is 14.4. The van der Waals surface area contributed by atoms with Gasteiger partial charge in [0.25, 0.3) is 5.69 Å². The van der Waals surface area contributed by atoms with Crippen molar-refractivity contribution in [3.63, 3.8) is 0 Å². The lowest BCUT2D eigenvalue weighted by Gasteiger charge is -2.53. The molecule has 1 aromatic carbocycles.